The summed E-state index contributed by atoms with van der Waals surface area (Å²) in [5.41, 5.74) is 3.38. The molecule has 0 spiro atoms. The van der Waals surface area contributed by atoms with E-state index in [9.17, 15) is 14.4 Å². The lowest BCUT2D eigenvalue weighted by molar-refractivity contribution is -0.136. The molecular weight excluding hydrogens is 384 g/mol. The van der Waals surface area contributed by atoms with Crippen LogP contribution in [0.2, 0.25) is 0 Å². The van der Waals surface area contributed by atoms with Crippen LogP contribution in [0.15, 0.2) is 24.4 Å². The number of ether oxygens (including phenoxy) is 1. The second-order valence-corrected chi connectivity index (χ2v) is 8.76. The molecule has 3 fully saturated rings. The van der Waals surface area contributed by atoms with Gasteiger partial charge in [0.1, 0.15) is 11.9 Å². The highest BCUT2D eigenvalue weighted by atomic mass is 16.5. The van der Waals surface area contributed by atoms with E-state index in [0.29, 0.717) is 36.3 Å². The highest BCUT2D eigenvalue weighted by molar-refractivity contribution is 6.05. The van der Waals surface area contributed by atoms with Gasteiger partial charge in [-0.25, -0.2) is 4.98 Å². The molecule has 2 saturated heterocycles. The van der Waals surface area contributed by atoms with Crippen molar-refractivity contribution < 1.29 is 19.1 Å². The molecule has 4 heterocycles. The number of hydrogen-bond acceptors (Lipinski definition) is 5. The maximum absolute atomic E-state index is 12.9. The minimum absolute atomic E-state index is 0.154. The number of aryl methyl sites for hydroxylation is 1. The lowest BCUT2D eigenvalue weighted by atomic mass is 10.0. The van der Waals surface area contributed by atoms with E-state index in [1.807, 2.05) is 31.4 Å². The van der Waals surface area contributed by atoms with Crippen molar-refractivity contribution in [3.8, 4) is 11.3 Å². The third-order valence-corrected chi connectivity index (χ3v) is 6.98. The molecular formula is C22H22N4O4. The summed E-state index contributed by atoms with van der Waals surface area (Å²) in [5, 5.41) is 2.34. The Kier molecular flexibility index (Phi) is 3.71. The van der Waals surface area contributed by atoms with Crippen molar-refractivity contribution in [1.29, 1.82) is 0 Å². The first-order valence-corrected chi connectivity index (χ1v) is 10.4. The molecule has 1 aromatic heterocycles. The van der Waals surface area contributed by atoms with Crippen LogP contribution >= 0.6 is 0 Å². The Morgan fingerprint density at radius 3 is 2.73 bits per heavy atom. The number of benzene rings is 1. The topological polar surface area (TPSA) is 93.5 Å². The largest absolute Gasteiger partial charge is 0.381 e. The molecule has 2 aromatic rings. The molecule has 3 aliphatic heterocycles. The van der Waals surface area contributed by atoms with Gasteiger partial charge in [0.05, 0.1) is 18.9 Å². The smallest absolute Gasteiger partial charge is 0.255 e. The summed E-state index contributed by atoms with van der Waals surface area (Å²) >= 11 is 0. The average Bonchev–Trinajstić information content (AvgIpc) is 3.09. The number of piperidine rings is 1. The van der Waals surface area contributed by atoms with Crippen molar-refractivity contribution in [1.82, 2.24) is 19.8 Å². The van der Waals surface area contributed by atoms with Gasteiger partial charge in [-0.05, 0) is 36.0 Å². The Balaban J connectivity index is 1.26. The number of rotatable bonds is 3. The number of carbonyl (C=O) groups excluding carboxylic acids is 3. The normalized spacial score (nSPS) is 29.8. The van der Waals surface area contributed by atoms with Gasteiger partial charge < -0.3 is 14.2 Å². The molecule has 4 aliphatic rings. The third kappa shape index (κ3) is 2.56. The van der Waals surface area contributed by atoms with E-state index in [0.717, 1.165) is 35.9 Å². The fourth-order valence-corrected chi connectivity index (χ4v) is 5.29. The fraction of sp³-hybridized carbons (Fsp3) is 0.455. The number of nitrogens with one attached hydrogen (secondary N) is 1. The summed E-state index contributed by atoms with van der Waals surface area (Å²) in [6, 6.07) is 5.16. The zero-order chi connectivity index (χ0) is 20.6. The highest BCUT2D eigenvalue weighted by Gasteiger charge is 2.56. The molecule has 1 aromatic carbocycles. The van der Waals surface area contributed by atoms with Crippen molar-refractivity contribution in [2.75, 3.05) is 13.2 Å². The summed E-state index contributed by atoms with van der Waals surface area (Å²) in [7, 11) is 2.03. The van der Waals surface area contributed by atoms with Crippen LogP contribution in [0.4, 0.5) is 0 Å². The minimum atomic E-state index is -0.594. The molecule has 6 rings (SSSR count). The van der Waals surface area contributed by atoms with Gasteiger partial charge in [0, 0.05) is 43.3 Å². The standard InChI is InChI=1S/C22H22N4O4/c1-25-8-16(23-20(25)19-14-9-30-10-15(14)19)11-2-3-13-12(6-11)7-26(22(13)29)17-4-5-18(27)24-21(17)28/h2-3,6,8,14-15,17,19H,4-5,7,9-10H2,1H3,(H,24,27,28)/t14-,15+,17?,19?. The quantitative estimate of drug-likeness (QED) is 0.774. The van der Waals surface area contributed by atoms with Crippen LogP contribution in [0.1, 0.15) is 40.5 Å². The third-order valence-electron chi connectivity index (χ3n) is 6.98. The van der Waals surface area contributed by atoms with E-state index in [1.165, 1.54) is 0 Å². The highest BCUT2D eigenvalue weighted by Crippen LogP contribution is 2.57. The second-order valence-electron chi connectivity index (χ2n) is 8.76. The Morgan fingerprint density at radius 2 is 1.97 bits per heavy atom. The predicted molar refractivity (Wildman–Crippen MR) is 105 cm³/mol. The van der Waals surface area contributed by atoms with Crippen LogP contribution in [0, 0.1) is 11.8 Å². The summed E-state index contributed by atoms with van der Waals surface area (Å²) in [6.07, 6.45) is 2.67. The van der Waals surface area contributed by atoms with Gasteiger partial charge in [0.15, 0.2) is 0 Å². The Hall–Kier alpha value is -3.00. The van der Waals surface area contributed by atoms with Crippen LogP contribution < -0.4 is 5.32 Å². The fourth-order valence-electron chi connectivity index (χ4n) is 5.29. The lowest BCUT2D eigenvalue weighted by Gasteiger charge is -2.29. The molecule has 0 radical (unpaired) electrons. The molecule has 8 nitrogen and oxygen atoms in total. The number of nitrogens with zero attached hydrogens (tertiary/aromatic N) is 3. The van der Waals surface area contributed by atoms with E-state index in [2.05, 4.69) is 9.88 Å². The summed E-state index contributed by atoms with van der Waals surface area (Å²) in [4.78, 5) is 43.0. The lowest BCUT2D eigenvalue weighted by Crippen LogP contribution is -2.52. The second kappa shape index (κ2) is 6.25. The molecule has 1 saturated carbocycles. The number of imidazole rings is 1. The van der Waals surface area contributed by atoms with Crippen LogP contribution in [-0.4, -0.2) is 51.4 Å². The molecule has 30 heavy (non-hydrogen) atoms. The van der Waals surface area contributed by atoms with Crippen molar-refractivity contribution in [2.24, 2.45) is 18.9 Å². The first-order chi connectivity index (χ1) is 14.5. The van der Waals surface area contributed by atoms with Crippen molar-refractivity contribution in [3.63, 3.8) is 0 Å². The first-order valence-electron chi connectivity index (χ1n) is 10.4. The molecule has 3 amide bonds. The molecule has 8 heteroatoms. The van der Waals surface area contributed by atoms with Gasteiger partial charge in [0.25, 0.3) is 5.91 Å². The van der Waals surface area contributed by atoms with Gasteiger partial charge in [0.2, 0.25) is 11.8 Å². The van der Waals surface area contributed by atoms with Crippen molar-refractivity contribution in [3.05, 3.63) is 41.3 Å². The number of imide groups is 1. The van der Waals surface area contributed by atoms with Crippen LogP contribution in [-0.2, 0) is 27.9 Å². The molecule has 1 N–H and O–H groups in total. The SMILES string of the molecule is Cn1cc(-c2ccc3c(c2)CN(C2CCC(=O)NC2=O)C3=O)nc1C1[C@H]2COC[C@@H]12. The molecule has 154 valence electrons. The van der Waals surface area contributed by atoms with Crippen molar-refractivity contribution in [2.45, 2.75) is 31.3 Å². The molecule has 4 atom stereocenters. The maximum atomic E-state index is 12.9. The first kappa shape index (κ1) is 17.8. The maximum Gasteiger partial charge on any atom is 0.255 e. The predicted octanol–water partition coefficient (Wildman–Crippen LogP) is 1.21. The summed E-state index contributed by atoms with van der Waals surface area (Å²) in [6.45, 7) is 2.03. The van der Waals surface area contributed by atoms with Gasteiger partial charge in [-0.1, -0.05) is 6.07 Å². The van der Waals surface area contributed by atoms with E-state index in [4.69, 9.17) is 9.72 Å². The number of amides is 3. The van der Waals surface area contributed by atoms with Gasteiger partial charge >= 0.3 is 0 Å². The summed E-state index contributed by atoms with van der Waals surface area (Å²) < 4.78 is 7.61. The number of aromatic nitrogens is 2. The molecule has 2 unspecified atom stereocenters. The Morgan fingerprint density at radius 1 is 1.17 bits per heavy atom. The zero-order valence-electron chi connectivity index (χ0n) is 16.6. The van der Waals surface area contributed by atoms with Crippen molar-refractivity contribution >= 4 is 17.7 Å². The number of hydrogen-bond donors (Lipinski definition) is 1. The van der Waals surface area contributed by atoms with Gasteiger partial charge in [-0.15, -0.1) is 0 Å². The van der Waals surface area contributed by atoms with E-state index in [1.54, 1.807) is 4.90 Å². The summed E-state index contributed by atoms with van der Waals surface area (Å²) in [5.74, 6) is 1.96. The average molecular weight is 406 g/mol. The van der Waals surface area contributed by atoms with Crippen LogP contribution in [0.25, 0.3) is 11.3 Å². The number of fused-ring (bicyclic) bond motifs is 2. The van der Waals surface area contributed by atoms with Crippen LogP contribution in [0.3, 0.4) is 0 Å². The van der Waals surface area contributed by atoms with E-state index < -0.39 is 6.04 Å². The minimum Gasteiger partial charge on any atom is -0.381 e. The van der Waals surface area contributed by atoms with E-state index in [-0.39, 0.29) is 24.1 Å². The van der Waals surface area contributed by atoms with Crippen LogP contribution in [0.5, 0.6) is 0 Å². The number of carbonyl (C=O) groups is 3. The van der Waals surface area contributed by atoms with Gasteiger partial charge in [-0.2, -0.15) is 0 Å². The monoisotopic (exact) mass is 406 g/mol. The van der Waals surface area contributed by atoms with Gasteiger partial charge in [-0.3, -0.25) is 19.7 Å². The van der Waals surface area contributed by atoms with E-state index >= 15 is 0 Å². The molecule has 0 bridgehead atoms. The Bertz CT molecular complexity index is 1100. The molecule has 1 aliphatic carbocycles. The Labute approximate surface area is 173 Å². The zero-order valence-corrected chi connectivity index (χ0v) is 16.6.